The number of hydrogen-bond acceptors (Lipinski definition) is 1. The van der Waals surface area contributed by atoms with E-state index in [0.717, 1.165) is 5.69 Å². The summed E-state index contributed by atoms with van der Waals surface area (Å²) in [5.74, 6) is 0.662. The summed E-state index contributed by atoms with van der Waals surface area (Å²) in [6.45, 7) is 9.55. The Kier molecular flexibility index (Phi) is 9.35. The first kappa shape index (κ1) is 39.6. The third kappa shape index (κ3) is 6.58. The van der Waals surface area contributed by atoms with Gasteiger partial charge in [0.1, 0.15) is 0 Å². The van der Waals surface area contributed by atoms with Crippen LogP contribution in [0.4, 0.5) is 17.1 Å². The Morgan fingerprint density at radius 1 is 0.338 bits per heavy atom. The monoisotopic (exact) mass is 837 g/mol. The molecule has 1 heteroatoms. The summed E-state index contributed by atoms with van der Waals surface area (Å²) < 4.78 is 0. The summed E-state index contributed by atoms with van der Waals surface area (Å²) in [4.78, 5) is 2.47. The van der Waals surface area contributed by atoms with Gasteiger partial charge in [0.05, 0.1) is 0 Å². The van der Waals surface area contributed by atoms with Gasteiger partial charge in [0, 0.05) is 27.9 Å². The molecule has 0 atom stereocenters. The van der Waals surface area contributed by atoms with E-state index in [2.05, 4.69) is 227 Å². The maximum absolute atomic E-state index is 2.48. The third-order valence-corrected chi connectivity index (χ3v) is 15.5. The van der Waals surface area contributed by atoms with Crippen molar-refractivity contribution >= 4 is 27.8 Å². The van der Waals surface area contributed by atoms with Gasteiger partial charge in [-0.1, -0.05) is 180 Å². The number of fused-ring (bicyclic) bond motifs is 7. The summed E-state index contributed by atoms with van der Waals surface area (Å²) >= 11 is 0. The Morgan fingerprint density at radius 3 is 1.54 bits per heavy atom. The number of anilines is 3. The van der Waals surface area contributed by atoms with Gasteiger partial charge < -0.3 is 4.90 Å². The minimum Gasteiger partial charge on any atom is -0.310 e. The quantitative estimate of drug-likeness (QED) is 0.155. The second kappa shape index (κ2) is 15.3. The van der Waals surface area contributed by atoms with Crippen LogP contribution in [0, 0.1) is 0 Å². The predicted octanol–water partition coefficient (Wildman–Crippen LogP) is 18.0. The summed E-state index contributed by atoms with van der Waals surface area (Å²) in [5, 5.41) is 2.51. The zero-order valence-electron chi connectivity index (χ0n) is 38.0. The van der Waals surface area contributed by atoms with Gasteiger partial charge in [-0.15, -0.1) is 0 Å². The molecule has 316 valence electrons. The van der Waals surface area contributed by atoms with Gasteiger partial charge in [-0.05, 0) is 174 Å². The Balaban J connectivity index is 0.939. The first-order valence-corrected chi connectivity index (χ1v) is 23.9. The molecule has 1 fully saturated rings. The van der Waals surface area contributed by atoms with E-state index in [0.29, 0.717) is 5.92 Å². The van der Waals surface area contributed by atoms with Crippen molar-refractivity contribution in [1.29, 1.82) is 0 Å². The molecule has 9 aromatic rings. The summed E-state index contributed by atoms with van der Waals surface area (Å²) in [5.41, 5.74) is 23.3. The highest BCUT2D eigenvalue weighted by Crippen LogP contribution is 2.53. The highest BCUT2D eigenvalue weighted by Gasteiger charge is 2.38. The van der Waals surface area contributed by atoms with Crippen molar-refractivity contribution in [2.75, 3.05) is 4.90 Å². The van der Waals surface area contributed by atoms with Crippen molar-refractivity contribution < 1.29 is 0 Å². The minimum atomic E-state index is -0.162. The molecule has 0 unspecified atom stereocenters. The van der Waals surface area contributed by atoms with Crippen LogP contribution >= 0.6 is 0 Å². The fourth-order valence-corrected chi connectivity index (χ4v) is 11.8. The molecule has 3 aliphatic carbocycles. The average Bonchev–Trinajstić information content (AvgIpc) is 3.73. The zero-order chi connectivity index (χ0) is 43.9. The Labute approximate surface area is 385 Å². The molecule has 0 saturated heterocycles. The third-order valence-electron chi connectivity index (χ3n) is 15.5. The Morgan fingerprint density at radius 2 is 0.831 bits per heavy atom. The Bertz CT molecular complexity index is 3270. The van der Waals surface area contributed by atoms with Crippen molar-refractivity contribution in [2.45, 2.75) is 76.5 Å². The molecule has 0 radical (unpaired) electrons. The highest BCUT2D eigenvalue weighted by molar-refractivity contribution is 5.97. The van der Waals surface area contributed by atoms with Gasteiger partial charge in [-0.2, -0.15) is 0 Å². The average molecular weight is 838 g/mol. The molecule has 0 heterocycles. The van der Waals surface area contributed by atoms with E-state index in [9.17, 15) is 0 Å². The molecule has 1 saturated carbocycles. The molecule has 0 amide bonds. The molecule has 65 heavy (non-hydrogen) atoms. The number of benzene rings is 9. The first-order chi connectivity index (χ1) is 31.7. The van der Waals surface area contributed by atoms with Gasteiger partial charge in [-0.3, -0.25) is 0 Å². The van der Waals surface area contributed by atoms with Gasteiger partial charge in [0.25, 0.3) is 0 Å². The van der Waals surface area contributed by atoms with Gasteiger partial charge in [0.2, 0.25) is 0 Å². The number of rotatable bonds is 7. The summed E-state index contributed by atoms with van der Waals surface area (Å²) in [7, 11) is 0. The lowest BCUT2D eigenvalue weighted by atomic mass is 9.81. The second-order valence-electron chi connectivity index (χ2n) is 20.0. The fourth-order valence-electron chi connectivity index (χ4n) is 11.8. The lowest BCUT2D eigenvalue weighted by molar-refractivity contribution is 0.443. The number of nitrogens with zero attached hydrogens (tertiary/aromatic N) is 1. The lowest BCUT2D eigenvalue weighted by Crippen LogP contribution is -2.16. The zero-order valence-corrected chi connectivity index (χ0v) is 38.0. The molecule has 9 aromatic carbocycles. The van der Waals surface area contributed by atoms with Gasteiger partial charge in [-0.25, -0.2) is 0 Å². The largest absolute Gasteiger partial charge is 0.310 e. The van der Waals surface area contributed by atoms with E-state index in [4.69, 9.17) is 0 Å². The van der Waals surface area contributed by atoms with Crippen LogP contribution in [0.5, 0.6) is 0 Å². The molecule has 0 N–H and O–H groups in total. The van der Waals surface area contributed by atoms with Crippen molar-refractivity contribution in [3.8, 4) is 55.6 Å². The van der Waals surface area contributed by atoms with E-state index in [1.165, 1.54) is 138 Å². The molecule has 3 aliphatic rings. The van der Waals surface area contributed by atoms with Crippen molar-refractivity contribution in [3.05, 3.63) is 222 Å². The maximum atomic E-state index is 2.48. The fraction of sp³-hybridized carbons (Fsp3) is 0.188. The SMILES string of the molecule is CC1(C)c2ccccc2-c2ccc(-c3ccc4c(c3)-c3ccc(N(c5ccc(-c6cc7ccccc7cc6-c6ccccc6)cc5)c5ccc(C6CCCCC6)cc5)cc3C4(C)C)cc21. The highest BCUT2D eigenvalue weighted by atomic mass is 15.1. The van der Waals surface area contributed by atoms with E-state index >= 15 is 0 Å². The second-order valence-corrected chi connectivity index (χ2v) is 20.0. The predicted molar refractivity (Wildman–Crippen MR) is 276 cm³/mol. The molecular weight excluding hydrogens is 783 g/mol. The van der Waals surface area contributed by atoms with Crippen LogP contribution in [0.3, 0.4) is 0 Å². The minimum absolute atomic E-state index is 0.0341. The summed E-state index contributed by atoms with van der Waals surface area (Å²) in [6, 6.07) is 73.6. The van der Waals surface area contributed by atoms with Crippen LogP contribution in [0.1, 0.15) is 93.5 Å². The normalized spacial score (nSPS) is 15.6. The Hall–Kier alpha value is -6.96. The lowest BCUT2D eigenvalue weighted by Gasteiger charge is -2.29. The summed E-state index contributed by atoms with van der Waals surface area (Å²) in [6.07, 6.45) is 6.63. The molecule has 0 aliphatic heterocycles. The van der Waals surface area contributed by atoms with Gasteiger partial charge >= 0.3 is 0 Å². The van der Waals surface area contributed by atoms with Crippen LogP contribution in [-0.4, -0.2) is 0 Å². The van der Waals surface area contributed by atoms with Crippen molar-refractivity contribution in [2.24, 2.45) is 0 Å². The smallest absolute Gasteiger partial charge is 0.0465 e. The molecular formula is C64H55N. The topological polar surface area (TPSA) is 3.24 Å². The molecule has 0 bridgehead atoms. The van der Waals surface area contributed by atoms with Crippen LogP contribution < -0.4 is 4.90 Å². The van der Waals surface area contributed by atoms with Crippen molar-refractivity contribution in [3.63, 3.8) is 0 Å². The molecule has 0 aromatic heterocycles. The van der Waals surface area contributed by atoms with E-state index < -0.39 is 0 Å². The maximum Gasteiger partial charge on any atom is 0.0465 e. The van der Waals surface area contributed by atoms with Crippen LogP contribution in [0.15, 0.2) is 194 Å². The van der Waals surface area contributed by atoms with Crippen LogP contribution in [-0.2, 0) is 10.8 Å². The van der Waals surface area contributed by atoms with E-state index in [1.54, 1.807) is 0 Å². The molecule has 1 nitrogen and oxygen atoms in total. The van der Waals surface area contributed by atoms with E-state index in [1.807, 2.05) is 0 Å². The first-order valence-electron chi connectivity index (χ1n) is 23.9. The molecule has 12 rings (SSSR count). The van der Waals surface area contributed by atoms with Crippen LogP contribution in [0.2, 0.25) is 0 Å². The molecule has 0 spiro atoms. The van der Waals surface area contributed by atoms with Gasteiger partial charge in [0.15, 0.2) is 0 Å². The number of hydrogen-bond donors (Lipinski definition) is 0. The standard InChI is InChI=1S/C64H55N/c1-63(2)59-22-14-13-21-53(59)54-34-27-49(40-61(54)63)48-28-36-60-58(39-48)55-35-33-52(41-62(55)64(60,3)4)65(50-29-23-43(24-30-50)42-15-7-5-8-16-42)51-31-25-45(26-32-51)57-38-47-20-12-11-19-46(47)37-56(57)44-17-9-6-10-18-44/h6,9-14,17-42H,5,7-8,15-16H2,1-4H3. The van der Waals surface area contributed by atoms with Crippen LogP contribution in [0.25, 0.3) is 66.4 Å². The van der Waals surface area contributed by atoms with Crippen molar-refractivity contribution in [1.82, 2.24) is 0 Å². The van der Waals surface area contributed by atoms with E-state index in [-0.39, 0.29) is 10.8 Å².